The van der Waals surface area contributed by atoms with E-state index in [1.54, 1.807) is 24.3 Å². The van der Waals surface area contributed by atoms with Crippen molar-refractivity contribution in [3.8, 4) is 0 Å². The fourth-order valence-corrected chi connectivity index (χ4v) is 2.76. The van der Waals surface area contributed by atoms with Gasteiger partial charge in [0.15, 0.2) is 0 Å². The van der Waals surface area contributed by atoms with Gasteiger partial charge in [-0.05, 0) is 61.9 Å². The molecule has 0 atom stereocenters. The Hall–Kier alpha value is -3.12. The maximum Gasteiger partial charge on any atom is 0.337 e. The molecule has 7 heteroatoms. The van der Waals surface area contributed by atoms with Gasteiger partial charge >= 0.3 is 5.97 Å². The van der Waals surface area contributed by atoms with Gasteiger partial charge in [-0.15, -0.1) is 0 Å². The molecule has 1 heterocycles. The SMILES string of the molecule is COC(=O)c1ccc(Nc2nc(C)cc(Nc3ccc(Cl)cc3C)n2)cc1. The Morgan fingerprint density at radius 1 is 1.00 bits per heavy atom. The van der Waals surface area contributed by atoms with Gasteiger partial charge < -0.3 is 15.4 Å². The van der Waals surface area contributed by atoms with Gasteiger partial charge in [-0.25, -0.2) is 9.78 Å². The first kappa shape index (κ1) is 18.7. The van der Waals surface area contributed by atoms with E-state index >= 15 is 0 Å². The lowest BCUT2D eigenvalue weighted by molar-refractivity contribution is 0.0601. The van der Waals surface area contributed by atoms with Crippen molar-refractivity contribution < 1.29 is 9.53 Å². The number of hydrogen-bond acceptors (Lipinski definition) is 6. The predicted molar refractivity (Wildman–Crippen MR) is 107 cm³/mol. The van der Waals surface area contributed by atoms with Gasteiger partial charge in [-0.2, -0.15) is 4.98 Å². The highest BCUT2D eigenvalue weighted by molar-refractivity contribution is 6.30. The highest BCUT2D eigenvalue weighted by Gasteiger charge is 2.07. The normalized spacial score (nSPS) is 10.4. The first-order chi connectivity index (χ1) is 12.9. The lowest BCUT2D eigenvalue weighted by Crippen LogP contribution is -2.04. The second-order valence-corrected chi connectivity index (χ2v) is 6.43. The summed E-state index contributed by atoms with van der Waals surface area (Å²) in [4.78, 5) is 20.4. The van der Waals surface area contributed by atoms with Crippen LogP contribution in [0.4, 0.5) is 23.1 Å². The minimum atomic E-state index is -0.377. The number of rotatable bonds is 5. The zero-order chi connectivity index (χ0) is 19.4. The molecule has 27 heavy (non-hydrogen) atoms. The van der Waals surface area contributed by atoms with E-state index in [4.69, 9.17) is 16.3 Å². The molecule has 3 aromatic rings. The predicted octanol–water partition coefficient (Wildman–Crippen LogP) is 5.02. The molecule has 0 spiro atoms. The largest absolute Gasteiger partial charge is 0.465 e. The van der Waals surface area contributed by atoms with E-state index in [0.29, 0.717) is 22.4 Å². The van der Waals surface area contributed by atoms with Crippen LogP contribution in [0.5, 0.6) is 0 Å². The van der Waals surface area contributed by atoms with Crippen molar-refractivity contribution in [3.63, 3.8) is 0 Å². The zero-order valence-corrected chi connectivity index (χ0v) is 16.0. The van der Waals surface area contributed by atoms with Crippen LogP contribution >= 0.6 is 11.6 Å². The minimum absolute atomic E-state index is 0.377. The van der Waals surface area contributed by atoms with E-state index in [0.717, 1.165) is 22.6 Å². The summed E-state index contributed by atoms with van der Waals surface area (Å²) in [6.45, 7) is 3.87. The Balaban J connectivity index is 1.79. The van der Waals surface area contributed by atoms with Crippen LogP contribution in [0.25, 0.3) is 0 Å². The molecule has 0 unspecified atom stereocenters. The third kappa shape index (κ3) is 4.74. The molecule has 0 saturated heterocycles. The van der Waals surface area contributed by atoms with Crippen molar-refractivity contribution in [1.82, 2.24) is 9.97 Å². The molecule has 0 amide bonds. The van der Waals surface area contributed by atoms with Gasteiger partial charge in [0.1, 0.15) is 5.82 Å². The molecule has 6 nitrogen and oxygen atoms in total. The number of aromatic nitrogens is 2. The Kier molecular flexibility index (Phi) is 5.57. The fourth-order valence-electron chi connectivity index (χ4n) is 2.53. The van der Waals surface area contributed by atoms with Crippen LogP contribution in [0.15, 0.2) is 48.5 Å². The van der Waals surface area contributed by atoms with E-state index in [1.165, 1.54) is 7.11 Å². The molecule has 0 aliphatic heterocycles. The number of methoxy groups -OCH3 is 1. The summed E-state index contributed by atoms with van der Waals surface area (Å²) >= 11 is 6.01. The summed E-state index contributed by atoms with van der Waals surface area (Å²) in [6, 6.07) is 14.4. The molecule has 0 aliphatic carbocycles. The molecule has 138 valence electrons. The lowest BCUT2D eigenvalue weighted by atomic mass is 10.2. The number of anilines is 4. The van der Waals surface area contributed by atoms with Crippen LogP contribution in [0.2, 0.25) is 5.02 Å². The topological polar surface area (TPSA) is 76.1 Å². The molecular formula is C20H19ClN4O2. The highest BCUT2D eigenvalue weighted by Crippen LogP contribution is 2.24. The minimum Gasteiger partial charge on any atom is -0.465 e. The second kappa shape index (κ2) is 8.05. The van der Waals surface area contributed by atoms with Crippen LogP contribution in [0, 0.1) is 13.8 Å². The number of nitrogens with zero attached hydrogens (tertiary/aromatic N) is 2. The Bertz CT molecular complexity index is 974. The van der Waals surface area contributed by atoms with E-state index in [-0.39, 0.29) is 5.97 Å². The summed E-state index contributed by atoms with van der Waals surface area (Å²) in [7, 11) is 1.35. The summed E-state index contributed by atoms with van der Waals surface area (Å²) in [5.74, 6) is 0.745. The third-order valence-corrected chi connectivity index (χ3v) is 4.10. The molecule has 2 aromatic carbocycles. The Morgan fingerprint density at radius 2 is 1.74 bits per heavy atom. The number of esters is 1. The smallest absolute Gasteiger partial charge is 0.337 e. The van der Waals surface area contributed by atoms with Crippen molar-refractivity contribution >= 4 is 40.7 Å². The Labute approximate surface area is 162 Å². The zero-order valence-electron chi connectivity index (χ0n) is 15.2. The number of carbonyl (C=O) groups is 1. The van der Waals surface area contributed by atoms with E-state index in [9.17, 15) is 4.79 Å². The number of halogens is 1. The van der Waals surface area contributed by atoms with Gasteiger partial charge in [-0.3, -0.25) is 0 Å². The highest BCUT2D eigenvalue weighted by atomic mass is 35.5. The number of aryl methyl sites for hydroxylation is 2. The van der Waals surface area contributed by atoms with Crippen LogP contribution in [-0.2, 0) is 4.74 Å². The van der Waals surface area contributed by atoms with E-state index in [2.05, 4.69) is 20.6 Å². The standard InChI is InChI=1S/C20H19ClN4O2/c1-12-10-15(21)6-9-17(12)24-18-11-13(2)22-20(25-18)23-16-7-4-14(5-8-16)19(26)27-3/h4-11H,1-3H3,(H2,22,23,24,25). The molecule has 0 radical (unpaired) electrons. The summed E-state index contributed by atoms with van der Waals surface area (Å²) in [5.41, 5.74) is 4.00. The molecule has 0 fully saturated rings. The monoisotopic (exact) mass is 382 g/mol. The van der Waals surface area contributed by atoms with Crippen molar-refractivity contribution in [2.45, 2.75) is 13.8 Å². The number of nitrogens with one attached hydrogen (secondary N) is 2. The lowest BCUT2D eigenvalue weighted by Gasteiger charge is -2.12. The molecule has 1 aromatic heterocycles. The molecule has 2 N–H and O–H groups in total. The summed E-state index contributed by atoms with van der Waals surface area (Å²) in [6.07, 6.45) is 0. The van der Waals surface area contributed by atoms with Crippen molar-refractivity contribution in [2.24, 2.45) is 0 Å². The first-order valence-corrected chi connectivity index (χ1v) is 8.66. The van der Waals surface area contributed by atoms with Gasteiger partial charge in [-0.1, -0.05) is 11.6 Å². The quantitative estimate of drug-likeness (QED) is 0.603. The fraction of sp³-hybridized carbons (Fsp3) is 0.150. The third-order valence-electron chi connectivity index (χ3n) is 3.87. The molecule has 3 rings (SSSR count). The Morgan fingerprint density at radius 3 is 2.41 bits per heavy atom. The molecule has 0 aliphatic rings. The molecular weight excluding hydrogens is 364 g/mol. The maximum absolute atomic E-state index is 11.5. The number of hydrogen-bond donors (Lipinski definition) is 2. The van der Waals surface area contributed by atoms with Crippen molar-refractivity contribution in [3.05, 3.63) is 70.4 Å². The first-order valence-electron chi connectivity index (χ1n) is 8.29. The number of benzene rings is 2. The summed E-state index contributed by atoms with van der Waals surface area (Å²) in [5, 5.41) is 7.12. The van der Waals surface area contributed by atoms with Crippen LogP contribution < -0.4 is 10.6 Å². The van der Waals surface area contributed by atoms with Gasteiger partial charge in [0, 0.05) is 28.2 Å². The number of carbonyl (C=O) groups excluding carboxylic acids is 1. The van der Waals surface area contributed by atoms with Crippen LogP contribution in [0.1, 0.15) is 21.6 Å². The average Bonchev–Trinajstić information content (AvgIpc) is 2.63. The second-order valence-electron chi connectivity index (χ2n) is 6.00. The van der Waals surface area contributed by atoms with Crippen LogP contribution in [0.3, 0.4) is 0 Å². The van der Waals surface area contributed by atoms with Crippen molar-refractivity contribution in [1.29, 1.82) is 0 Å². The van der Waals surface area contributed by atoms with Crippen molar-refractivity contribution in [2.75, 3.05) is 17.7 Å². The molecule has 0 saturated carbocycles. The van der Waals surface area contributed by atoms with E-state index in [1.807, 2.05) is 38.1 Å². The maximum atomic E-state index is 11.5. The van der Waals surface area contributed by atoms with Gasteiger partial charge in [0.25, 0.3) is 0 Å². The van der Waals surface area contributed by atoms with E-state index < -0.39 is 0 Å². The van der Waals surface area contributed by atoms with Crippen LogP contribution in [-0.4, -0.2) is 23.0 Å². The number of ether oxygens (including phenoxy) is 1. The molecule has 0 bridgehead atoms. The van der Waals surface area contributed by atoms with Gasteiger partial charge in [0.05, 0.1) is 12.7 Å². The summed E-state index contributed by atoms with van der Waals surface area (Å²) < 4.78 is 4.70. The average molecular weight is 383 g/mol. The van der Waals surface area contributed by atoms with Gasteiger partial charge in [0.2, 0.25) is 5.95 Å².